The third-order valence-electron chi connectivity index (χ3n) is 5.23. The Morgan fingerprint density at radius 1 is 0.722 bits per heavy atom. The summed E-state index contributed by atoms with van der Waals surface area (Å²) < 4.78 is 0. The summed E-state index contributed by atoms with van der Waals surface area (Å²) >= 11 is 0. The van der Waals surface area contributed by atoms with E-state index in [9.17, 15) is 0 Å². The van der Waals surface area contributed by atoms with E-state index in [2.05, 4.69) is 38.2 Å². The molecule has 0 bridgehead atoms. The molecule has 0 radical (unpaired) electrons. The van der Waals surface area contributed by atoms with Crippen molar-refractivity contribution in [3.05, 3.63) is 24.3 Å². The Morgan fingerprint density at radius 3 is 1.83 bits per heavy atom. The zero-order valence-electron chi connectivity index (χ0n) is 12.3. The second-order valence-electron chi connectivity index (χ2n) is 6.61. The summed E-state index contributed by atoms with van der Waals surface area (Å²) in [7, 11) is 0. The molecule has 0 heterocycles. The summed E-state index contributed by atoms with van der Waals surface area (Å²) in [4.78, 5) is 0. The molecule has 0 spiro atoms. The van der Waals surface area contributed by atoms with Gasteiger partial charge in [0.2, 0.25) is 0 Å². The molecular formula is C18H30. The molecule has 102 valence electrons. The molecular weight excluding hydrogens is 216 g/mol. The Labute approximate surface area is 114 Å². The van der Waals surface area contributed by atoms with Gasteiger partial charge in [-0.05, 0) is 69.1 Å². The summed E-state index contributed by atoms with van der Waals surface area (Å²) in [5, 5.41) is 0. The molecule has 0 aromatic carbocycles. The van der Waals surface area contributed by atoms with Gasteiger partial charge in [0.25, 0.3) is 0 Å². The highest BCUT2D eigenvalue weighted by atomic mass is 14.3. The fraction of sp³-hybridized carbons (Fsp3) is 0.778. The molecule has 2 rings (SSSR count). The zero-order chi connectivity index (χ0) is 12.8. The fourth-order valence-corrected chi connectivity index (χ4v) is 3.90. The third kappa shape index (κ3) is 4.00. The Balaban J connectivity index is 1.73. The predicted octanol–water partition coefficient (Wildman–Crippen LogP) is 5.75. The van der Waals surface area contributed by atoms with E-state index in [-0.39, 0.29) is 0 Å². The first-order valence-corrected chi connectivity index (χ1v) is 8.09. The van der Waals surface area contributed by atoms with Gasteiger partial charge in [0.05, 0.1) is 0 Å². The van der Waals surface area contributed by atoms with Crippen molar-refractivity contribution in [1.82, 2.24) is 0 Å². The van der Waals surface area contributed by atoms with Crippen molar-refractivity contribution in [2.45, 2.75) is 65.2 Å². The molecule has 2 saturated carbocycles. The van der Waals surface area contributed by atoms with Crippen molar-refractivity contribution in [3.63, 3.8) is 0 Å². The minimum absolute atomic E-state index is 0.861. The lowest BCUT2D eigenvalue weighted by atomic mass is 9.69. The van der Waals surface area contributed by atoms with E-state index >= 15 is 0 Å². The molecule has 0 aliphatic heterocycles. The van der Waals surface area contributed by atoms with Crippen LogP contribution in [0.15, 0.2) is 24.3 Å². The van der Waals surface area contributed by atoms with Crippen molar-refractivity contribution < 1.29 is 0 Å². The Morgan fingerprint density at radius 2 is 1.28 bits per heavy atom. The third-order valence-corrected chi connectivity index (χ3v) is 5.23. The van der Waals surface area contributed by atoms with Crippen LogP contribution in [0.25, 0.3) is 0 Å². The lowest BCUT2D eigenvalue weighted by molar-refractivity contribution is 0.160. The van der Waals surface area contributed by atoms with Gasteiger partial charge in [-0.25, -0.2) is 0 Å². The summed E-state index contributed by atoms with van der Waals surface area (Å²) in [6, 6.07) is 0. The minimum Gasteiger partial charge on any atom is -0.0877 e. The smallest absolute Gasteiger partial charge is 0.0230 e. The summed E-state index contributed by atoms with van der Waals surface area (Å²) in [5.74, 6) is 3.99. The van der Waals surface area contributed by atoms with E-state index in [1.54, 1.807) is 0 Å². The van der Waals surface area contributed by atoms with Crippen LogP contribution in [0.5, 0.6) is 0 Å². The predicted molar refractivity (Wildman–Crippen MR) is 80.5 cm³/mol. The van der Waals surface area contributed by atoms with Gasteiger partial charge >= 0.3 is 0 Å². The van der Waals surface area contributed by atoms with Crippen molar-refractivity contribution >= 4 is 0 Å². The maximum atomic E-state index is 2.43. The monoisotopic (exact) mass is 246 g/mol. The van der Waals surface area contributed by atoms with Crippen LogP contribution in [-0.2, 0) is 0 Å². The maximum absolute atomic E-state index is 2.43. The van der Waals surface area contributed by atoms with Gasteiger partial charge in [-0.1, -0.05) is 44.1 Å². The quantitative estimate of drug-likeness (QED) is 0.556. The lowest BCUT2D eigenvalue weighted by Gasteiger charge is -2.36. The average Bonchev–Trinajstić information content (AvgIpc) is 2.41. The highest BCUT2D eigenvalue weighted by molar-refractivity contribution is 5.04. The molecule has 0 saturated heterocycles. The summed E-state index contributed by atoms with van der Waals surface area (Å²) in [5.41, 5.74) is 0. The van der Waals surface area contributed by atoms with Crippen LogP contribution < -0.4 is 0 Å². The van der Waals surface area contributed by atoms with Crippen LogP contribution in [0.2, 0.25) is 0 Å². The number of allylic oxidation sites excluding steroid dienone is 4. The van der Waals surface area contributed by atoms with Crippen molar-refractivity contribution in [2.75, 3.05) is 0 Å². The standard InChI is InChI=1S/C18H30/c1-3-4-5-6-16-9-13-18(14-10-16)17-11-7-15(2)8-12-17/h3-6,15-18H,7-14H2,1-2H3/b4-3+,6-5+. The lowest BCUT2D eigenvalue weighted by Crippen LogP contribution is -2.24. The molecule has 2 fully saturated rings. The van der Waals surface area contributed by atoms with Crippen LogP contribution >= 0.6 is 0 Å². The number of hydrogen-bond donors (Lipinski definition) is 0. The van der Waals surface area contributed by atoms with Gasteiger partial charge in [0.15, 0.2) is 0 Å². The second-order valence-corrected chi connectivity index (χ2v) is 6.61. The summed E-state index contributed by atoms with van der Waals surface area (Å²) in [6.45, 7) is 4.52. The van der Waals surface area contributed by atoms with E-state index in [1.807, 2.05) is 0 Å². The van der Waals surface area contributed by atoms with E-state index in [4.69, 9.17) is 0 Å². The molecule has 0 unspecified atom stereocenters. The zero-order valence-corrected chi connectivity index (χ0v) is 12.3. The topological polar surface area (TPSA) is 0 Å². The highest BCUT2D eigenvalue weighted by Gasteiger charge is 2.29. The van der Waals surface area contributed by atoms with Gasteiger partial charge in [-0.3, -0.25) is 0 Å². The van der Waals surface area contributed by atoms with Gasteiger partial charge in [-0.2, -0.15) is 0 Å². The Hall–Kier alpha value is -0.520. The minimum atomic E-state index is 0.861. The Kier molecular flexibility index (Phi) is 5.53. The fourth-order valence-electron chi connectivity index (χ4n) is 3.90. The van der Waals surface area contributed by atoms with Crippen LogP contribution in [-0.4, -0.2) is 0 Å². The van der Waals surface area contributed by atoms with E-state index in [1.165, 1.54) is 51.4 Å². The van der Waals surface area contributed by atoms with Gasteiger partial charge in [-0.15, -0.1) is 0 Å². The van der Waals surface area contributed by atoms with Crippen molar-refractivity contribution in [2.24, 2.45) is 23.7 Å². The van der Waals surface area contributed by atoms with Gasteiger partial charge in [0.1, 0.15) is 0 Å². The highest BCUT2D eigenvalue weighted by Crippen LogP contribution is 2.41. The maximum Gasteiger partial charge on any atom is -0.0230 e. The van der Waals surface area contributed by atoms with E-state index in [0.29, 0.717) is 0 Å². The molecule has 2 aliphatic rings. The SMILES string of the molecule is C/C=C/C=C/C1CCC(C2CCC(C)CC2)CC1. The first-order valence-electron chi connectivity index (χ1n) is 8.09. The Bertz CT molecular complexity index is 270. The first kappa shape index (κ1) is 13.9. The van der Waals surface area contributed by atoms with Crippen molar-refractivity contribution in [3.8, 4) is 0 Å². The van der Waals surface area contributed by atoms with Crippen LogP contribution in [0.1, 0.15) is 65.2 Å². The molecule has 0 heteroatoms. The molecule has 18 heavy (non-hydrogen) atoms. The molecule has 0 N–H and O–H groups in total. The number of rotatable bonds is 3. The van der Waals surface area contributed by atoms with Crippen LogP contribution in [0.4, 0.5) is 0 Å². The number of hydrogen-bond acceptors (Lipinski definition) is 0. The van der Waals surface area contributed by atoms with Crippen LogP contribution in [0, 0.1) is 23.7 Å². The normalized spacial score (nSPS) is 38.6. The van der Waals surface area contributed by atoms with E-state index < -0.39 is 0 Å². The van der Waals surface area contributed by atoms with Gasteiger partial charge < -0.3 is 0 Å². The molecule has 0 nitrogen and oxygen atoms in total. The first-order chi connectivity index (χ1) is 8.79. The summed E-state index contributed by atoms with van der Waals surface area (Å²) in [6.07, 6.45) is 20.8. The van der Waals surface area contributed by atoms with Gasteiger partial charge in [0, 0.05) is 0 Å². The van der Waals surface area contributed by atoms with Crippen LogP contribution in [0.3, 0.4) is 0 Å². The molecule has 0 aromatic heterocycles. The molecule has 2 aliphatic carbocycles. The second kappa shape index (κ2) is 7.16. The molecule has 0 aromatic rings. The van der Waals surface area contributed by atoms with Crippen molar-refractivity contribution in [1.29, 1.82) is 0 Å². The van der Waals surface area contributed by atoms with E-state index in [0.717, 1.165) is 23.7 Å². The molecule has 0 atom stereocenters. The largest absolute Gasteiger partial charge is 0.0877 e. The molecule has 0 amide bonds. The average molecular weight is 246 g/mol.